The molecule has 176 valence electrons. The quantitative estimate of drug-likeness (QED) is 0.614. The van der Waals surface area contributed by atoms with Crippen LogP contribution in [0.2, 0.25) is 0 Å². The molecular formula is C26H31ClN2O4. The molecule has 0 saturated carbocycles. The van der Waals surface area contributed by atoms with Gasteiger partial charge in [0.15, 0.2) is 5.71 Å². The summed E-state index contributed by atoms with van der Waals surface area (Å²) in [5.74, 6) is 0. The summed E-state index contributed by atoms with van der Waals surface area (Å²) >= 11 is 0. The van der Waals surface area contributed by atoms with Gasteiger partial charge < -0.3 is 4.90 Å². The Morgan fingerprint density at radius 2 is 1.39 bits per heavy atom. The lowest BCUT2D eigenvalue weighted by Gasteiger charge is -2.24. The van der Waals surface area contributed by atoms with Crippen molar-refractivity contribution in [1.82, 2.24) is 0 Å². The largest absolute Gasteiger partial charge is 0.347 e. The molecule has 2 heterocycles. The van der Waals surface area contributed by atoms with Crippen LogP contribution in [0.15, 0.2) is 72.0 Å². The van der Waals surface area contributed by atoms with Crippen molar-refractivity contribution in [3.8, 4) is 0 Å². The second-order valence-electron chi connectivity index (χ2n) is 9.58. The number of rotatable bonds is 2. The molecule has 6 nitrogen and oxygen atoms in total. The minimum absolute atomic E-state index is 0.00513. The molecule has 7 heteroatoms. The molecule has 0 bridgehead atoms. The van der Waals surface area contributed by atoms with E-state index in [0.29, 0.717) is 0 Å². The van der Waals surface area contributed by atoms with E-state index in [-0.39, 0.29) is 10.8 Å². The maximum Gasteiger partial charge on any atom is 0.209 e. The topological polar surface area (TPSA) is 98.5 Å². The number of benzene rings is 2. The van der Waals surface area contributed by atoms with Crippen molar-refractivity contribution in [2.24, 2.45) is 0 Å². The first-order valence-electron chi connectivity index (χ1n) is 10.7. The fourth-order valence-electron chi connectivity index (χ4n) is 4.99. The van der Waals surface area contributed by atoms with E-state index < -0.39 is 10.2 Å². The van der Waals surface area contributed by atoms with Crippen molar-refractivity contribution in [2.45, 2.75) is 45.4 Å². The molecule has 2 aromatic rings. The molecule has 0 fully saturated rings. The van der Waals surface area contributed by atoms with Crippen LogP contribution in [-0.4, -0.2) is 24.4 Å². The van der Waals surface area contributed by atoms with Crippen LogP contribution in [0.1, 0.15) is 45.7 Å². The third-order valence-corrected chi connectivity index (χ3v) is 6.61. The van der Waals surface area contributed by atoms with Crippen molar-refractivity contribution in [3.05, 3.63) is 83.1 Å². The predicted octanol–water partition coefficient (Wildman–Crippen LogP) is 1.19. The van der Waals surface area contributed by atoms with Crippen LogP contribution in [0.5, 0.6) is 0 Å². The average molecular weight is 471 g/mol. The van der Waals surface area contributed by atoms with Crippen LogP contribution in [0.25, 0.3) is 0 Å². The zero-order valence-electron chi connectivity index (χ0n) is 20.2. The third-order valence-electron chi connectivity index (χ3n) is 6.61. The maximum absolute atomic E-state index is 8.49. The van der Waals surface area contributed by atoms with Crippen molar-refractivity contribution in [2.75, 3.05) is 19.0 Å². The van der Waals surface area contributed by atoms with Gasteiger partial charge in [-0.25, -0.2) is 18.6 Å². The van der Waals surface area contributed by atoms with Gasteiger partial charge in [-0.3, -0.25) is 0 Å². The Kier molecular flexibility index (Phi) is 6.63. The molecule has 0 spiro atoms. The first-order chi connectivity index (χ1) is 15.2. The normalized spacial score (nSPS) is 19.9. The fourth-order valence-corrected chi connectivity index (χ4v) is 4.99. The standard InChI is InChI=1S/C26H31N2.ClHO4/c1-18(16-23-25(2,3)19-12-8-10-14-21(19)27(23)6)17-24-26(4,5)20-13-9-11-15-22(20)28(24)7;2-1(3,4)5/h8-17H,1-7H3;(H,2,3,4,5)/q+1;/p-1. The van der Waals surface area contributed by atoms with E-state index in [0.717, 1.165) is 0 Å². The van der Waals surface area contributed by atoms with E-state index in [4.69, 9.17) is 18.6 Å². The number of allylic oxidation sites excluding steroid dienone is 4. The van der Waals surface area contributed by atoms with Gasteiger partial charge in [-0.1, -0.05) is 50.2 Å². The summed E-state index contributed by atoms with van der Waals surface area (Å²) in [7, 11) is -0.581. The molecule has 0 aliphatic carbocycles. The highest BCUT2D eigenvalue weighted by molar-refractivity contribution is 6.03. The number of nitrogens with zero attached hydrogens (tertiary/aromatic N) is 2. The van der Waals surface area contributed by atoms with Gasteiger partial charge in [-0.15, -0.1) is 10.2 Å². The van der Waals surface area contributed by atoms with Gasteiger partial charge in [0.2, 0.25) is 5.69 Å². The Bertz CT molecular complexity index is 1150. The Morgan fingerprint density at radius 1 is 0.879 bits per heavy atom. The van der Waals surface area contributed by atoms with Crippen LogP contribution in [-0.2, 0) is 10.8 Å². The van der Waals surface area contributed by atoms with Crippen LogP contribution >= 0.6 is 0 Å². The van der Waals surface area contributed by atoms with Crippen LogP contribution in [0, 0.1) is 10.2 Å². The van der Waals surface area contributed by atoms with Gasteiger partial charge in [0.25, 0.3) is 0 Å². The smallest absolute Gasteiger partial charge is 0.209 e. The molecule has 2 aliphatic heterocycles. The molecule has 0 saturated heterocycles. The zero-order valence-corrected chi connectivity index (χ0v) is 20.9. The van der Waals surface area contributed by atoms with E-state index in [1.807, 2.05) is 0 Å². The molecule has 0 amide bonds. The third kappa shape index (κ3) is 4.90. The zero-order chi connectivity index (χ0) is 24.8. The van der Waals surface area contributed by atoms with Gasteiger partial charge >= 0.3 is 0 Å². The second kappa shape index (κ2) is 8.70. The number of hydrogen-bond donors (Lipinski definition) is 0. The van der Waals surface area contributed by atoms with Crippen molar-refractivity contribution in [3.63, 3.8) is 0 Å². The summed E-state index contributed by atoms with van der Waals surface area (Å²) in [6.45, 7) is 11.5. The maximum atomic E-state index is 8.49. The summed E-state index contributed by atoms with van der Waals surface area (Å²) in [6.07, 6.45) is 4.72. The highest BCUT2D eigenvalue weighted by Gasteiger charge is 2.43. The van der Waals surface area contributed by atoms with Gasteiger partial charge in [-0.05, 0) is 44.1 Å². The van der Waals surface area contributed by atoms with E-state index in [9.17, 15) is 0 Å². The highest BCUT2D eigenvalue weighted by Crippen LogP contribution is 2.47. The van der Waals surface area contributed by atoms with E-state index in [1.54, 1.807) is 0 Å². The Balaban J connectivity index is 0.000000555. The molecule has 33 heavy (non-hydrogen) atoms. The van der Waals surface area contributed by atoms with Gasteiger partial charge in [0.05, 0.1) is 5.41 Å². The molecule has 2 aliphatic rings. The van der Waals surface area contributed by atoms with Crippen molar-refractivity contribution < 1.29 is 33.5 Å². The molecule has 0 N–H and O–H groups in total. The molecule has 2 aromatic carbocycles. The van der Waals surface area contributed by atoms with Crippen molar-refractivity contribution in [1.29, 1.82) is 0 Å². The SMILES string of the molecule is CC(=CC1=[N+](C)c2ccccc2C1(C)C)C=C1N(C)c2ccccc2C1(C)C.[O-][Cl+3]([O-])([O-])[O-]. The number of likely N-dealkylation sites (N-methyl/N-ethyl adjacent to an activating group) is 1. The number of fused-ring (bicyclic) bond motifs is 2. The number of para-hydroxylation sites is 2. The molecule has 0 atom stereocenters. The lowest BCUT2D eigenvalue weighted by atomic mass is 9.80. The summed E-state index contributed by atoms with van der Waals surface area (Å²) in [6, 6.07) is 17.5. The summed E-state index contributed by atoms with van der Waals surface area (Å²) in [5, 5.41) is 0. The van der Waals surface area contributed by atoms with Crippen molar-refractivity contribution >= 4 is 17.1 Å². The Hall–Kier alpha value is -2.48. The Labute approximate surface area is 198 Å². The number of anilines is 1. The van der Waals surface area contributed by atoms with Crippen LogP contribution in [0.4, 0.5) is 11.4 Å². The van der Waals surface area contributed by atoms with E-state index in [2.05, 4.69) is 119 Å². The molecule has 0 radical (unpaired) electrons. The minimum Gasteiger partial charge on any atom is -0.347 e. The molecule has 4 rings (SSSR count). The first kappa shape index (κ1) is 25.1. The number of hydrogen-bond acceptors (Lipinski definition) is 5. The Morgan fingerprint density at radius 3 is 1.94 bits per heavy atom. The average Bonchev–Trinajstić information content (AvgIpc) is 3.02. The summed E-state index contributed by atoms with van der Waals surface area (Å²) in [5.41, 5.74) is 9.40. The molecule has 0 unspecified atom stereocenters. The molecule has 0 aromatic heterocycles. The van der Waals surface area contributed by atoms with Crippen LogP contribution < -0.4 is 23.5 Å². The summed E-state index contributed by atoms with van der Waals surface area (Å²) in [4.78, 5) is 2.34. The van der Waals surface area contributed by atoms with Gasteiger partial charge in [0.1, 0.15) is 7.05 Å². The highest BCUT2D eigenvalue weighted by atomic mass is 35.7. The lowest BCUT2D eigenvalue weighted by Crippen LogP contribution is -2.68. The van der Waals surface area contributed by atoms with E-state index >= 15 is 0 Å². The lowest BCUT2D eigenvalue weighted by molar-refractivity contribution is -2.00. The predicted molar refractivity (Wildman–Crippen MR) is 120 cm³/mol. The number of halogens is 1. The second-order valence-corrected chi connectivity index (χ2v) is 10.3. The first-order valence-corrected chi connectivity index (χ1v) is 11.9. The van der Waals surface area contributed by atoms with E-state index in [1.165, 1.54) is 39.5 Å². The summed E-state index contributed by atoms with van der Waals surface area (Å²) < 4.78 is 36.3. The molecular weight excluding hydrogens is 440 g/mol. The van der Waals surface area contributed by atoms with Crippen LogP contribution in [0.3, 0.4) is 0 Å². The van der Waals surface area contributed by atoms with Gasteiger partial charge in [0, 0.05) is 41.6 Å². The fraction of sp³-hybridized carbons (Fsp3) is 0.346. The monoisotopic (exact) mass is 470 g/mol. The van der Waals surface area contributed by atoms with Gasteiger partial charge in [-0.2, -0.15) is 4.58 Å². The minimum atomic E-state index is -4.94.